The number of rotatable bonds is 9. The van der Waals surface area contributed by atoms with Crippen LogP contribution in [-0.4, -0.2) is 118 Å². The van der Waals surface area contributed by atoms with Gasteiger partial charge in [-0.3, -0.25) is 14.4 Å². The van der Waals surface area contributed by atoms with Gasteiger partial charge >= 0.3 is 0 Å². The van der Waals surface area contributed by atoms with Crippen molar-refractivity contribution in [2.75, 3.05) is 0 Å². The molecule has 0 spiro atoms. The molecule has 0 heterocycles. The number of carbonyl (C=O) groups is 3. The lowest BCUT2D eigenvalue weighted by Gasteiger charge is -2.28. The first-order chi connectivity index (χ1) is 24.7. The van der Waals surface area contributed by atoms with Crippen molar-refractivity contribution in [2.24, 2.45) is 44.0 Å². The van der Waals surface area contributed by atoms with Crippen molar-refractivity contribution in [2.45, 2.75) is 227 Å². The van der Waals surface area contributed by atoms with Crippen molar-refractivity contribution < 1.29 is 60.3 Å². The number of hydrogen-bond acceptors (Lipinski definition) is 12. The summed E-state index contributed by atoms with van der Waals surface area (Å²) >= 11 is 0. The molecule has 0 rings (SSSR count). The minimum absolute atomic E-state index is 0.0642. The molecule has 0 saturated heterocycles. The highest BCUT2D eigenvalue weighted by molar-refractivity contribution is 5.81. The molecule has 0 aliphatic heterocycles. The Morgan fingerprint density at radius 3 is 0.561 bits per heavy atom. The van der Waals surface area contributed by atoms with E-state index in [1.165, 1.54) is 6.92 Å². The summed E-state index contributed by atoms with van der Waals surface area (Å²) in [5.41, 5.74) is 8.24. The van der Waals surface area contributed by atoms with Gasteiger partial charge in [0.15, 0.2) is 18.0 Å². The zero-order chi connectivity index (χ0) is 48.0. The topological polar surface area (TPSA) is 285 Å². The molecule has 0 aromatic heterocycles. The number of nitrogens with two attached hydrogens (primary N) is 2. The van der Waals surface area contributed by atoms with Gasteiger partial charge in [-0.2, -0.15) is 0 Å². The van der Waals surface area contributed by atoms with Crippen LogP contribution in [-0.2, 0) is 14.4 Å². The van der Waals surface area contributed by atoms with Crippen molar-refractivity contribution in [3.05, 3.63) is 0 Å². The molecule has 14 heteroatoms. The van der Waals surface area contributed by atoms with E-state index in [0.29, 0.717) is 0 Å². The molecular weight excluding hydrogens is 736 g/mol. The van der Waals surface area contributed by atoms with Crippen LogP contribution in [0, 0.1) is 32.5 Å². The zero-order valence-corrected chi connectivity index (χ0v) is 40.2. The van der Waals surface area contributed by atoms with E-state index < -0.39 is 70.5 Å². The second-order valence-electron chi connectivity index (χ2n) is 21.1. The molecule has 3 unspecified atom stereocenters. The average Bonchev–Trinajstić information content (AvgIpc) is 3.03. The Labute approximate surface area is 347 Å². The number of primary amides is 2. The second-order valence-corrected chi connectivity index (χ2v) is 21.1. The number of aliphatic hydroxyl groups is 9. The zero-order valence-electron chi connectivity index (χ0n) is 40.2. The molecule has 0 saturated carbocycles. The molecule has 2 amide bonds. The monoisotopic (exact) mass is 831 g/mol. The summed E-state index contributed by atoms with van der Waals surface area (Å²) in [6.07, 6.45) is -5.32. The molecule has 57 heavy (non-hydrogen) atoms. The number of Topliss-reactive ketones (excluding diaryl/α,β-unsaturated/α-hetero) is 1. The number of hydrogen-bond donors (Lipinski definition) is 11. The second kappa shape index (κ2) is 28.7. The third kappa shape index (κ3) is 35.9. The fourth-order valence-electron chi connectivity index (χ4n) is 3.79. The Balaban J connectivity index is -0.000000138. The SMILES string of the molecule is CC(=O)C(O)C(O)C(C)(C)C.CC(C)(C)[C@@H](O)[C@H](O)C(N)=O.CC(C)(C)[C@H](O)[C@@H](O)C(N)=O.CCC(O)C(C)(C)C.CC[C@@H](O)C(C)(C)C.CC[C@H](O)C(C)(C)C. The summed E-state index contributed by atoms with van der Waals surface area (Å²) in [7, 11) is 0. The van der Waals surface area contributed by atoms with Crippen LogP contribution in [0.3, 0.4) is 0 Å². The first-order valence-corrected chi connectivity index (χ1v) is 20.0. The number of amides is 2. The van der Waals surface area contributed by atoms with Gasteiger partial charge in [0.25, 0.3) is 0 Å². The summed E-state index contributed by atoms with van der Waals surface area (Å²) in [5, 5.41) is 82.6. The Kier molecular flexibility index (Phi) is 33.7. The predicted molar refractivity (Wildman–Crippen MR) is 231 cm³/mol. The van der Waals surface area contributed by atoms with E-state index in [4.69, 9.17) is 26.8 Å². The van der Waals surface area contributed by atoms with Crippen LogP contribution in [0.5, 0.6) is 0 Å². The Hall–Kier alpha value is -1.75. The fourth-order valence-corrected chi connectivity index (χ4v) is 3.79. The largest absolute Gasteiger partial charge is 0.393 e. The number of ketones is 1. The molecule has 0 aliphatic rings. The number of aliphatic hydroxyl groups excluding tert-OH is 9. The summed E-state index contributed by atoms with van der Waals surface area (Å²) in [6.45, 7) is 41.2. The smallest absolute Gasteiger partial charge is 0.248 e. The maximum atomic E-state index is 10.6. The molecule has 0 fully saturated rings. The third-order valence-electron chi connectivity index (χ3n) is 8.72. The van der Waals surface area contributed by atoms with Crippen molar-refractivity contribution >= 4 is 17.6 Å². The van der Waals surface area contributed by atoms with Gasteiger partial charge in [0.05, 0.1) is 36.6 Å². The Bertz CT molecular complexity index is 926. The lowest BCUT2D eigenvalue weighted by atomic mass is 9.85. The summed E-state index contributed by atoms with van der Waals surface area (Å²) < 4.78 is 0. The van der Waals surface area contributed by atoms with E-state index in [0.717, 1.165) is 19.3 Å². The van der Waals surface area contributed by atoms with Gasteiger partial charge in [0.2, 0.25) is 11.8 Å². The molecule has 348 valence electrons. The molecule has 0 aromatic carbocycles. The van der Waals surface area contributed by atoms with Gasteiger partial charge in [-0.1, -0.05) is 145 Å². The van der Waals surface area contributed by atoms with Gasteiger partial charge < -0.3 is 57.4 Å². The van der Waals surface area contributed by atoms with Crippen LogP contribution in [0.1, 0.15) is 172 Å². The Morgan fingerprint density at radius 2 is 0.526 bits per heavy atom. The van der Waals surface area contributed by atoms with Gasteiger partial charge in [-0.05, 0) is 58.7 Å². The lowest BCUT2D eigenvalue weighted by molar-refractivity contribution is -0.137. The predicted octanol–water partition coefficient (Wildman–Crippen LogP) is 4.23. The van der Waals surface area contributed by atoms with Crippen LogP contribution < -0.4 is 11.5 Å². The normalized spacial score (nSPS) is 17.0. The molecule has 13 N–H and O–H groups in total. The van der Waals surface area contributed by atoms with E-state index in [2.05, 4.69) is 0 Å². The summed E-state index contributed by atoms with van der Waals surface area (Å²) in [4.78, 5) is 31.4. The van der Waals surface area contributed by atoms with Gasteiger partial charge in [-0.25, -0.2) is 0 Å². The maximum Gasteiger partial charge on any atom is 0.248 e. The minimum atomic E-state index is -1.48. The van der Waals surface area contributed by atoms with Gasteiger partial charge in [-0.15, -0.1) is 0 Å². The first kappa shape index (κ1) is 67.0. The standard InChI is InChI=1S/C8H16O3.2C7H15NO3.3C7H16O/c1-5(9)6(10)7(11)8(2,3)4;2*1-7(2,3)5(10)4(9)6(8)11;3*1-5-6(8)7(2,3)4/h6-7,10-11H,1-4H3;2*4-5,9-10H,1-3H3,(H2,8,11);3*6,8H,5H2,1-4H3/t;2*4-,5-;2*6-;/m.1010./s1. The highest BCUT2D eigenvalue weighted by Gasteiger charge is 2.34. The van der Waals surface area contributed by atoms with Crippen LogP contribution in [0.15, 0.2) is 0 Å². The van der Waals surface area contributed by atoms with Crippen molar-refractivity contribution in [3.8, 4) is 0 Å². The molecule has 0 aliphatic carbocycles. The van der Waals surface area contributed by atoms with E-state index in [1.54, 1.807) is 62.3 Å². The van der Waals surface area contributed by atoms with Gasteiger partial charge in [0, 0.05) is 0 Å². The molecule has 0 aromatic rings. The molecular formula is C43H94N2O12. The highest BCUT2D eigenvalue weighted by Crippen LogP contribution is 2.24. The van der Waals surface area contributed by atoms with E-state index in [-0.39, 0.29) is 34.6 Å². The van der Waals surface area contributed by atoms with Crippen LogP contribution in [0.4, 0.5) is 0 Å². The minimum Gasteiger partial charge on any atom is -0.393 e. The first-order valence-electron chi connectivity index (χ1n) is 20.0. The lowest BCUT2D eigenvalue weighted by Crippen LogP contribution is -2.45. The molecule has 9 atom stereocenters. The Morgan fingerprint density at radius 1 is 0.368 bits per heavy atom. The molecule has 14 nitrogen and oxygen atoms in total. The maximum absolute atomic E-state index is 10.6. The van der Waals surface area contributed by atoms with E-state index >= 15 is 0 Å². The van der Waals surface area contributed by atoms with Crippen LogP contribution in [0.25, 0.3) is 0 Å². The number of carbonyl (C=O) groups excluding carboxylic acids is 3. The molecule has 0 radical (unpaired) electrons. The molecule has 0 bridgehead atoms. The average molecular weight is 831 g/mol. The van der Waals surface area contributed by atoms with Crippen molar-refractivity contribution in [1.29, 1.82) is 0 Å². The fraction of sp³-hybridized carbons (Fsp3) is 0.930. The van der Waals surface area contributed by atoms with Crippen LogP contribution in [0.2, 0.25) is 0 Å². The van der Waals surface area contributed by atoms with Crippen LogP contribution >= 0.6 is 0 Å². The van der Waals surface area contributed by atoms with E-state index in [9.17, 15) is 45.0 Å². The summed E-state index contributed by atoms with van der Waals surface area (Å²) in [5.74, 6) is -2.19. The van der Waals surface area contributed by atoms with Gasteiger partial charge in [0.1, 0.15) is 6.10 Å². The third-order valence-corrected chi connectivity index (χ3v) is 8.72. The highest BCUT2D eigenvalue weighted by atomic mass is 16.3. The van der Waals surface area contributed by atoms with E-state index in [1.807, 2.05) is 83.1 Å². The summed E-state index contributed by atoms with van der Waals surface area (Å²) in [6, 6.07) is 0. The quantitative estimate of drug-likeness (QED) is 0.156. The van der Waals surface area contributed by atoms with Crippen molar-refractivity contribution in [3.63, 3.8) is 0 Å². The van der Waals surface area contributed by atoms with Crippen molar-refractivity contribution in [1.82, 2.24) is 0 Å².